The van der Waals surface area contributed by atoms with Crippen molar-refractivity contribution in [3.8, 4) is 0 Å². The summed E-state index contributed by atoms with van der Waals surface area (Å²) in [6.07, 6.45) is -1.82. The van der Waals surface area contributed by atoms with Crippen LogP contribution in [-0.4, -0.2) is 93.2 Å². The zero-order chi connectivity index (χ0) is 30.9. The number of methoxy groups -OCH3 is 2. The van der Waals surface area contributed by atoms with Crippen LogP contribution >= 0.6 is 0 Å². The van der Waals surface area contributed by atoms with Crippen molar-refractivity contribution in [3.63, 3.8) is 0 Å². The van der Waals surface area contributed by atoms with Crippen molar-refractivity contribution in [1.82, 2.24) is 10.6 Å². The van der Waals surface area contributed by atoms with Crippen LogP contribution in [0.5, 0.6) is 0 Å². The maximum atomic E-state index is 13.7. The van der Waals surface area contributed by atoms with Gasteiger partial charge in [0.15, 0.2) is 0 Å². The predicted octanol–water partition coefficient (Wildman–Crippen LogP) is 0.869. The van der Waals surface area contributed by atoms with Crippen molar-refractivity contribution in [2.24, 2.45) is 0 Å². The highest BCUT2D eigenvalue weighted by Crippen LogP contribution is 2.49. The van der Waals surface area contributed by atoms with Gasteiger partial charge in [-0.05, 0) is 25.5 Å². The molecule has 2 N–H and O–H groups in total. The van der Waals surface area contributed by atoms with Crippen molar-refractivity contribution >= 4 is 29.7 Å². The van der Waals surface area contributed by atoms with Gasteiger partial charge < -0.3 is 34.3 Å². The van der Waals surface area contributed by atoms with E-state index in [0.717, 1.165) is 14.2 Å². The molecule has 228 valence electrons. The minimum Gasteiger partial charge on any atom is -0.466 e. The van der Waals surface area contributed by atoms with Crippen LogP contribution in [-0.2, 0) is 47.7 Å². The summed E-state index contributed by atoms with van der Waals surface area (Å²) >= 11 is 0. The Hall–Kier alpha value is -3.98. The van der Waals surface area contributed by atoms with Crippen LogP contribution in [0.4, 0.5) is 13.2 Å². The van der Waals surface area contributed by atoms with Crippen molar-refractivity contribution in [2.75, 3.05) is 33.9 Å². The lowest BCUT2D eigenvalue weighted by molar-refractivity contribution is -0.141. The maximum Gasteiger partial charge on any atom is 0.416 e. The van der Waals surface area contributed by atoms with Crippen LogP contribution in [0.15, 0.2) is 46.6 Å². The fourth-order valence-corrected chi connectivity index (χ4v) is 5.36. The third kappa shape index (κ3) is 5.57. The highest BCUT2D eigenvalue weighted by atomic mass is 19.4. The van der Waals surface area contributed by atoms with Crippen LogP contribution in [0, 0.1) is 0 Å². The predicted molar refractivity (Wildman–Crippen MR) is 134 cm³/mol. The van der Waals surface area contributed by atoms with Gasteiger partial charge >= 0.3 is 24.1 Å². The van der Waals surface area contributed by atoms with Crippen molar-refractivity contribution in [1.29, 1.82) is 0 Å². The van der Waals surface area contributed by atoms with E-state index in [0.29, 0.717) is 0 Å². The Balaban J connectivity index is 1.30. The number of amides is 2. The fraction of sp³-hybridized carbons (Fsp3) is 0.519. The van der Waals surface area contributed by atoms with Gasteiger partial charge in [-0.25, -0.2) is 14.4 Å². The molecule has 2 amide bonds. The molecule has 0 aliphatic carbocycles. The highest BCUT2D eigenvalue weighted by Gasteiger charge is 2.59. The Morgan fingerprint density at radius 2 is 1.36 bits per heavy atom. The standard InChI is InChI=1S/C27H29F3N2O10/c1-4-40-24(37)21-19(27(28,29)30)15-9-11-26(21,42-15)13-32-17(34)7-5-6-16(33)31-12-25-10-8-14(41-25)18(22(35)38-2)20(25)23(36)39-3/h8-11,14-15H,4-7,12-13H2,1-3H3,(H,31,33)(H,32,34). The molecule has 12 nitrogen and oxygen atoms in total. The quantitative estimate of drug-likeness (QED) is 0.188. The van der Waals surface area contributed by atoms with E-state index in [9.17, 15) is 37.1 Å². The summed E-state index contributed by atoms with van der Waals surface area (Å²) < 4.78 is 66.7. The first-order valence-electron chi connectivity index (χ1n) is 13.0. The zero-order valence-corrected chi connectivity index (χ0v) is 22.9. The minimum absolute atomic E-state index is 0.0183. The van der Waals surface area contributed by atoms with E-state index in [1.165, 1.54) is 19.1 Å². The summed E-state index contributed by atoms with van der Waals surface area (Å²) in [6.45, 7) is 0.657. The van der Waals surface area contributed by atoms with Gasteiger partial charge in [0.25, 0.3) is 0 Å². The molecule has 4 aliphatic rings. The smallest absolute Gasteiger partial charge is 0.416 e. The van der Waals surface area contributed by atoms with E-state index in [1.807, 2.05) is 0 Å². The van der Waals surface area contributed by atoms with E-state index in [-0.39, 0.29) is 43.6 Å². The lowest BCUT2D eigenvalue weighted by atomic mass is 9.86. The average molecular weight is 599 g/mol. The molecule has 0 saturated carbocycles. The second-order valence-electron chi connectivity index (χ2n) is 9.76. The molecular formula is C27H29F3N2O10. The lowest BCUT2D eigenvalue weighted by Gasteiger charge is -2.26. The molecule has 4 heterocycles. The van der Waals surface area contributed by atoms with E-state index >= 15 is 0 Å². The van der Waals surface area contributed by atoms with Gasteiger partial charge in [0.2, 0.25) is 11.8 Å². The van der Waals surface area contributed by atoms with Crippen molar-refractivity contribution in [2.45, 2.75) is 55.8 Å². The zero-order valence-electron chi connectivity index (χ0n) is 22.9. The summed E-state index contributed by atoms with van der Waals surface area (Å²) in [6, 6.07) is 0. The molecule has 4 bridgehead atoms. The number of hydrogen-bond acceptors (Lipinski definition) is 10. The fourth-order valence-electron chi connectivity index (χ4n) is 5.36. The van der Waals surface area contributed by atoms with E-state index in [2.05, 4.69) is 10.6 Å². The Morgan fingerprint density at radius 1 is 0.833 bits per heavy atom. The van der Waals surface area contributed by atoms with Crippen molar-refractivity contribution in [3.05, 3.63) is 46.6 Å². The number of carbonyl (C=O) groups excluding carboxylic acids is 5. The Labute approximate surface area is 237 Å². The van der Waals surface area contributed by atoms with Gasteiger partial charge in [-0.15, -0.1) is 0 Å². The number of alkyl halides is 3. The minimum atomic E-state index is -4.84. The maximum absolute atomic E-state index is 13.7. The second kappa shape index (κ2) is 11.7. The average Bonchev–Trinajstić information content (AvgIpc) is 3.71. The largest absolute Gasteiger partial charge is 0.466 e. The van der Waals surface area contributed by atoms with Gasteiger partial charge in [0, 0.05) is 12.8 Å². The molecule has 0 aromatic heterocycles. The Bertz CT molecular complexity index is 1320. The number of esters is 3. The van der Waals surface area contributed by atoms with E-state index in [4.69, 9.17) is 23.7 Å². The molecule has 4 atom stereocenters. The SMILES string of the molecule is CCOC(=O)C1=C(C(F)(F)F)C2C=CC1(CNC(=O)CCCC(=O)NCC13C=CC(O1)C(C(=O)OC)=C3C(=O)OC)O2. The molecule has 42 heavy (non-hydrogen) atoms. The van der Waals surface area contributed by atoms with Gasteiger partial charge in [-0.3, -0.25) is 9.59 Å². The summed E-state index contributed by atoms with van der Waals surface area (Å²) in [4.78, 5) is 62.1. The molecular weight excluding hydrogens is 569 g/mol. The number of halogens is 3. The second-order valence-corrected chi connectivity index (χ2v) is 9.76. The molecule has 0 saturated heterocycles. The Morgan fingerprint density at radius 3 is 1.88 bits per heavy atom. The summed E-state index contributed by atoms with van der Waals surface area (Å²) in [5.74, 6) is -3.84. The van der Waals surface area contributed by atoms with Gasteiger partial charge in [0.05, 0.1) is 56.2 Å². The van der Waals surface area contributed by atoms with E-state index in [1.54, 1.807) is 12.2 Å². The number of fused-ring (bicyclic) bond motifs is 4. The molecule has 0 aromatic carbocycles. The van der Waals surface area contributed by atoms with Crippen LogP contribution < -0.4 is 10.6 Å². The topological polar surface area (TPSA) is 156 Å². The summed E-state index contributed by atoms with van der Waals surface area (Å²) in [5, 5.41) is 5.09. The molecule has 4 rings (SSSR count). The number of nitrogens with one attached hydrogen (secondary N) is 2. The summed E-state index contributed by atoms with van der Waals surface area (Å²) in [5.41, 5.74) is -5.21. The van der Waals surface area contributed by atoms with Crippen LogP contribution in [0.1, 0.15) is 26.2 Å². The number of hydrogen-bond donors (Lipinski definition) is 2. The monoisotopic (exact) mass is 598 g/mol. The first kappa shape index (κ1) is 31.0. The normalized spacial score (nSPS) is 27.0. The van der Waals surface area contributed by atoms with Crippen LogP contribution in [0.3, 0.4) is 0 Å². The third-order valence-corrected chi connectivity index (χ3v) is 7.19. The molecule has 0 fully saturated rings. The lowest BCUT2D eigenvalue weighted by Crippen LogP contribution is -2.45. The number of carbonyl (C=O) groups is 5. The van der Waals surface area contributed by atoms with Gasteiger partial charge in [0.1, 0.15) is 23.4 Å². The van der Waals surface area contributed by atoms with E-state index < -0.39 is 77.0 Å². The van der Waals surface area contributed by atoms with Gasteiger partial charge in [-0.1, -0.05) is 12.2 Å². The Kier molecular flexibility index (Phi) is 8.64. The molecule has 4 aliphatic heterocycles. The van der Waals surface area contributed by atoms with Gasteiger partial charge in [-0.2, -0.15) is 13.2 Å². The molecule has 15 heteroatoms. The van der Waals surface area contributed by atoms with Crippen molar-refractivity contribution < 1.29 is 60.8 Å². The first-order chi connectivity index (χ1) is 19.8. The number of rotatable bonds is 12. The summed E-state index contributed by atoms with van der Waals surface area (Å²) in [7, 11) is 2.29. The molecule has 0 spiro atoms. The van der Waals surface area contributed by atoms with Crippen LogP contribution in [0.25, 0.3) is 0 Å². The number of ether oxygens (including phenoxy) is 5. The molecule has 4 unspecified atom stereocenters. The third-order valence-electron chi connectivity index (χ3n) is 7.19. The highest BCUT2D eigenvalue weighted by molar-refractivity contribution is 6.05. The molecule has 0 aromatic rings. The van der Waals surface area contributed by atoms with Crippen LogP contribution in [0.2, 0.25) is 0 Å². The molecule has 0 radical (unpaired) electrons. The first-order valence-corrected chi connectivity index (χ1v) is 13.0.